The summed E-state index contributed by atoms with van der Waals surface area (Å²) in [4.78, 5) is 30.3. The fourth-order valence-corrected chi connectivity index (χ4v) is 3.94. The minimum absolute atomic E-state index is 0.0218. The zero-order chi connectivity index (χ0) is 19.1. The monoisotopic (exact) mass is 383 g/mol. The average Bonchev–Trinajstić information content (AvgIpc) is 2.79. The molecule has 2 aliphatic rings. The summed E-state index contributed by atoms with van der Waals surface area (Å²) >= 11 is 5.90. The average molecular weight is 384 g/mol. The minimum atomic E-state index is -0.612. The second-order valence-corrected chi connectivity index (χ2v) is 8.26. The van der Waals surface area contributed by atoms with Crippen molar-refractivity contribution < 1.29 is 18.7 Å². The van der Waals surface area contributed by atoms with Gasteiger partial charge in [0, 0.05) is 18.1 Å². The molecule has 0 spiro atoms. The van der Waals surface area contributed by atoms with Gasteiger partial charge in [-0.3, -0.25) is 4.79 Å². The molecule has 6 nitrogen and oxygen atoms in total. The van der Waals surface area contributed by atoms with Crippen molar-refractivity contribution in [2.75, 3.05) is 0 Å². The fraction of sp³-hybridized carbons (Fsp3) is 0.611. The standard InChI is InChI=1S/C18H23ClFN3O3/c1-18(2,3)26-17(25)23-12-4-5-13(23)8-11(7-12)22-16(24)14-6-10(20)9-21-15(14)19/h6,9,11-13H,4-5,7-8H2,1-3H3,(H,22,24)/t11?,12-,13?/m1/s1. The molecule has 8 heteroatoms. The van der Waals surface area contributed by atoms with Gasteiger partial charge in [0.15, 0.2) is 0 Å². The molecule has 142 valence electrons. The highest BCUT2D eigenvalue weighted by atomic mass is 35.5. The summed E-state index contributed by atoms with van der Waals surface area (Å²) in [6, 6.07) is 1.05. The van der Waals surface area contributed by atoms with Crippen molar-refractivity contribution >= 4 is 23.6 Å². The molecule has 3 atom stereocenters. The fourth-order valence-electron chi connectivity index (χ4n) is 3.75. The summed E-state index contributed by atoms with van der Waals surface area (Å²) < 4.78 is 18.8. The number of hydrogen-bond acceptors (Lipinski definition) is 4. The number of piperidine rings is 1. The van der Waals surface area contributed by atoms with Crippen molar-refractivity contribution in [3.8, 4) is 0 Å². The number of nitrogens with zero attached hydrogens (tertiary/aromatic N) is 2. The number of pyridine rings is 1. The smallest absolute Gasteiger partial charge is 0.410 e. The van der Waals surface area contributed by atoms with Crippen molar-refractivity contribution in [2.24, 2.45) is 0 Å². The summed E-state index contributed by atoms with van der Waals surface area (Å²) in [6.07, 6.45) is 3.73. The Morgan fingerprint density at radius 3 is 2.50 bits per heavy atom. The third kappa shape index (κ3) is 4.09. The number of carbonyl (C=O) groups excluding carboxylic acids is 2. The molecule has 2 saturated heterocycles. The van der Waals surface area contributed by atoms with Gasteiger partial charge >= 0.3 is 6.09 Å². The van der Waals surface area contributed by atoms with Crippen LogP contribution >= 0.6 is 11.6 Å². The molecule has 0 saturated carbocycles. The van der Waals surface area contributed by atoms with Crippen LogP contribution in [0.1, 0.15) is 56.8 Å². The third-order valence-corrected chi connectivity index (χ3v) is 5.02. The van der Waals surface area contributed by atoms with Gasteiger partial charge in [-0.15, -0.1) is 0 Å². The first-order chi connectivity index (χ1) is 12.1. The Balaban J connectivity index is 1.65. The molecular formula is C18H23ClFN3O3. The number of amides is 2. The Morgan fingerprint density at radius 2 is 1.92 bits per heavy atom. The van der Waals surface area contributed by atoms with Gasteiger partial charge in [0.25, 0.3) is 5.91 Å². The lowest BCUT2D eigenvalue weighted by Gasteiger charge is -2.39. The van der Waals surface area contributed by atoms with Crippen LogP contribution in [-0.2, 0) is 4.74 Å². The van der Waals surface area contributed by atoms with E-state index in [1.54, 1.807) is 0 Å². The van der Waals surface area contributed by atoms with Crippen molar-refractivity contribution in [1.29, 1.82) is 0 Å². The molecule has 0 aliphatic carbocycles. The topological polar surface area (TPSA) is 71.5 Å². The van der Waals surface area contributed by atoms with E-state index in [4.69, 9.17) is 16.3 Å². The molecule has 2 aliphatic heterocycles. The largest absolute Gasteiger partial charge is 0.444 e. The van der Waals surface area contributed by atoms with Crippen molar-refractivity contribution in [3.05, 3.63) is 28.8 Å². The molecule has 1 N–H and O–H groups in total. The van der Waals surface area contributed by atoms with Gasteiger partial charge in [-0.25, -0.2) is 14.2 Å². The van der Waals surface area contributed by atoms with Crippen LogP contribution in [0.2, 0.25) is 5.15 Å². The first-order valence-corrected chi connectivity index (χ1v) is 9.15. The Hall–Kier alpha value is -1.89. The van der Waals surface area contributed by atoms with Crippen LogP contribution in [0.15, 0.2) is 12.3 Å². The lowest BCUT2D eigenvalue weighted by Crippen LogP contribution is -2.53. The van der Waals surface area contributed by atoms with Gasteiger partial charge in [0.2, 0.25) is 0 Å². The van der Waals surface area contributed by atoms with Crippen LogP contribution < -0.4 is 5.32 Å². The van der Waals surface area contributed by atoms with Gasteiger partial charge in [-0.05, 0) is 52.5 Å². The molecular weight excluding hydrogens is 361 g/mol. The highest BCUT2D eigenvalue weighted by Gasteiger charge is 2.45. The lowest BCUT2D eigenvalue weighted by molar-refractivity contribution is 0.00500. The predicted molar refractivity (Wildman–Crippen MR) is 94.6 cm³/mol. The van der Waals surface area contributed by atoms with Crippen LogP contribution in [0.25, 0.3) is 0 Å². The van der Waals surface area contributed by atoms with E-state index in [9.17, 15) is 14.0 Å². The number of fused-ring (bicyclic) bond motifs is 2. The highest BCUT2D eigenvalue weighted by Crippen LogP contribution is 2.37. The number of nitrogens with one attached hydrogen (secondary N) is 1. The molecule has 2 fully saturated rings. The van der Waals surface area contributed by atoms with Gasteiger partial charge in [-0.1, -0.05) is 11.6 Å². The number of halogens is 2. The first kappa shape index (κ1) is 18.9. The number of hydrogen-bond donors (Lipinski definition) is 1. The summed E-state index contributed by atoms with van der Waals surface area (Å²) in [5.74, 6) is -1.06. The predicted octanol–water partition coefficient (Wildman–Crippen LogP) is 3.53. The maximum absolute atomic E-state index is 13.3. The van der Waals surface area contributed by atoms with E-state index in [0.29, 0.717) is 12.8 Å². The maximum atomic E-state index is 13.3. The molecule has 2 amide bonds. The minimum Gasteiger partial charge on any atom is -0.444 e. The van der Waals surface area contributed by atoms with Crippen LogP contribution in [0.3, 0.4) is 0 Å². The molecule has 3 rings (SSSR count). The van der Waals surface area contributed by atoms with Crippen LogP contribution in [0.4, 0.5) is 9.18 Å². The van der Waals surface area contributed by atoms with Crippen LogP contribution in [0.5, 0.6) is 0 Å². The zero-order valence-electron chi connectivity index (χ0n) is 15.1. The zero-order valence-corrected chi connectivity index (χ0v) is 15.8. The third-order valence-electron chi connectivity index (χ3n) is 4.72. The van der Waals surface area contributed by atoms with Crippen molar-refractivity contribution in [1.82, 2.24) is 15.2 Å². The number of ether oxygens (including phenoxy) is 1. The Labute approximate surface area is 157 Å². The lowest BCUT2D eigenvalue weighted by atomic mass is 9.97. The summed E-state index contributed by atoms with van der Waals surface area (Å²) in [5, 5.41) is 2.87. The van der Waals surface area contributed by atoms with Gasteiger partial charge < -0.3 is 15.0 Å². The molecule has 0 radical (unpaired) electrons. The van der Waals surface area contributed by atoms with E-state index in [0.717, 1.165) is 25.1 Å². The van der Waals surface area contributed by atoms with Crippen molar-refractivity contribution in [2.45, 2.75) is 70.2 Å². The van der Waals surface area contributed by atoms with Crippen LogP contribution in [-0.4, -0.2) is 45.6 Å². The van der Waals surface area contributed by atoms with Crippen molar-refractivity contribution in [3.63, 3.8) is 0 Å². The highest BCUT2D eigenvalue weighted by molar-refractivity contribution is 6.32. The van der Waals surface area contributed by atoms with E-state index in [1.807, 2.05) is 25.7 Å². The normalized spacial score (nSPS) is 25.1. The molecule has 0 aromatic carbocycles. The van der Waals surface area contributed by atoms with Gasteiger partial charge in [-0.2, -0.15) is 0 Å². The number of aromatic nitrogens is 1. The molecule has 1 aromatic rings. The summed E-state index contributed by atoms with van der Waals surface area (Å²) in [7, 11) is 0. The van der Waals surface area contributed by atoms with Crippen LogP contribution in [0, 0.1) is 5.82 Å². The first-order valence-electron chi connectivity index (χ1n) is 8.77. The Morgan fingerprint density at radius 1 is 1.31 bits per heavy atom. The number of rotatable bonds is 2. The van der Waals surface area contributed by atoms with E-state index in [-0.39, 0.29) is 34.9 Å². The second-order valence-electron chi connectivity index (χ2n) is 7.91. The summed E-state index contributed by atoms with van der Waals surface area (Å²) in [6.45, 7) is 5.53. The molecule has 2 unspecified atom stereocenters. The molecule has 3 heterocycles. The maximum Gasteiger partial charge on any atom is 0.410 e. The van der Waals surface area contributed by atoms with E-state index >= 15 is 0 Å². The molecule has 26 heavy (non-hydrogen) atoms. The molecule has 2 bridgehead atoms. The quantitative estimate of drug-likeness (QED) is 0.793. The van der Waals surface area contributed by atoms with E-state index in [2.05, 4.69) is 10.3 Å². The summed E-state index contributed by atoms with van der Waals surface area (Å²) in [5.41, 5.74) is -0.517. The second kappa shape index (κ2) is 7.02. The Kier molecular flexibility index (Phi) is 5.10. The van der Waals surface area contributed by atoms with Gasteiger partial charge in [0.05, 0.1) is 11.8 Å². The van der Waals surface area contributed by atoms with E-state index < -0.39 is 17.3 Å². The SMILES string of the molecule is CC(C)(C)OC(=O)N1C2CC[C@@H]1CC(NC(=O)c1cc(F)cnc1Cl)C2. The number of carbonyl (C=O) groups is 2. The Bertz CT molecular complexity index is 708. The van der Waals surface area contributed by atoms with E-state index in [1.165, 1.54) is 0 Å². The van der Waals surface area contributed by atoms with Gasteiger partial charge in [0.1, 0.15) is 16.6 Å². The molecule has 1 aromatic heterocycles.